The second kappa shape index (κ2) is 9.72. The lowest BCUT2D eigenvalue weighted by Crippen LogP contribution is -2.53. The maximum Gasteiger partial charge on any atom is 0.194 e. The third-order valence-corrected chi connectivity index (χ3v) is 4.57. The van der Waals surface area contributed by atoms with Crippen LogP contribution in [0.25, 0.3) is 0 Å². The number of guanidine groups is 1. The normalized spacial score (nSPS) is 24.5. The van der Waals surface area contributed by atoms with E-state index in [0.29, 0.717) is 19.1 Å². The molecule has 0 spiro atoms. The Bertz CT molecular complexity index is 558. The van der Waals surface area contributed by atoms with Crippen LogP contribution in [-0.4, -0.2) is 61.6 Å². The molecule has 2 atom stereocenters. The van der Waals surface area contributed by atoms with Crippen LogP contribution in [0.1, 0.15) is 44.1 Å². The van der Waals surface area contributed by atoms with E-state index in [1.165, 1.54) is 0 Å². The number of halogens is 1. The third kappa shape index (κ3) is 5.30. The number of hydrogen-bond donors (Lipinski definition) is 1. The number of nitrogens with one attached hydrogen (secondary N) is 1. The van der Waals surface area contributed by atoms with E-state index in [1.807, 2.05) is 6.07 Å². The molecule has 0 bridgehead atoms. The van der Waals surface area contributed by atoms with Gasteiger partial charge in [0.2, 0.25) is 0 Å². The van der Waals surface area contributed by atoms with Crippen molar-refractivity contribution in [3.05, 3.63) is 17.5 Å². The summed E-state index contributed by atoms with van der Waals surface area (Å²) in [6, 6.07) is 2.00. The maximum atomic E-state index is 5.90. The van der Waals surface area contributed by atoms with E-state index in [9.17, 15) is 0 Å². The van der Waals surface area contributed by atoms with Gasteiger partial charge in [-0.2, -0.15) is 0 Å². The van der Waals surface area contributed by atoms with E-state index in [4.69, 9.17) is 14.0 Å². The fraction of sp³-hybridized carbons (Fsp3) is 0.765. The van der Waals surface area contributed by atoms with Gasteiger partial charge in [-0.1, -0.05) is 19.0 Å². The quantitative estimate of drug-likeness (QED) is 0.419. The number of aliphatic imine (C=N–C) groups is 1. The van der Waals surface area contributed by atoms with Crippen molar-refractivity contribution in [1.29, 1.82) is 0 Å². The lowest BCUT2D eigenvalue weighted by molar-refractivity contribution is -0.0817. The van der Waals surface area contributed by atoms with E-state index < -0.39 is 0 Å². The number of ether oxygens (including phenoxy) is 2. The van der Waals surface area contributed by atoms with Crippen LogP contribution in [0.4, 0.5) is 0 Å². The summed E-state index contributed by atoms with van der Waals surface area (Å²) in [5, 5.41) is 7.46. The topological polar surface area (TPSA) is 72.1 Å². The van der Waals surface area contributed by atoms with E-state index in [1.54, 1.807) is 7.05 Å². The molecule has 1 aromatic rings. The Morgan fingerprint density at radius 1 is 1.36 bits per heavy atom. The Morgan fingerprint density at radius 2 is 2.16 bits per heavy atom. The van der Waals surface area contributed by atoms with E-state index in [2.05, 4.69) is 34.2 Å². The Kier molecular flexibility index (Phi) is 7.95. The van der Waals surface area contributed by atoms with Crippen LogP contribution >= 0.6 is 24.0 Å². The van der Waals surface area contributed by atoms with Gasteiger partial charge in [-0.25, -0.2) is 0 Å². The average Bonchev–Trinajstić information content (AvgIpc) is 3.28. The molecule has 0 saturated carbocycles. The first-order chi connectivity index (χ1) is 11.7. The molecule has 0 radical (unpaired) electrons. The van der Waals surface area contributed by atoms with Gasteiger partial charge >= 0.3 is 0 Å². The highest BCUT2D eigenvalue weighted by molar-refractivity contribution is 14.0. The van der Waals surface area contributed by atoms with Gasteiger partial charge in [0.1, 0.15) is 6.10 Å². The van der Waals surface area contributed by atoms with Crippen LogP contribution in [0, 0.1) is 0 Å². The van der Waals surface area contributed by atoms with Crippen LogP contribution in [0.15, 0.2) is 15.6 Å². The maximum absolute atomic E-state index is 5.90. The smallest absolute Gasteiger partial charge is 0.194 e. The van der Waals surface area contributed by atoms with E-state index >= 15 is 0 Å². The van der Waals surface area contributed by atoms with Gasteiger partial charge < -0.3 is 24.2 Å². The first-order valence-corrected chi connectivity index (χ1v) is 8.81. The summed E-state index contributed by atoms with van der Waals surface area (Å²) in [4.78, 5) is 6.63. The van der Waals surface area contributed by atoms with Gasteiger partial charge in [-0.15, -0.1) is 24.0 Å². The Morgan fingerprint density at radius 3 is 2.80 bits per heavy atom. The molecule has 2 aliphatic rings. The van der Waals surface area contributed by atoms with Gasteiger partial charge in [0.15, 0.2) is 11.7 Å². The van der Waals surface area contributed by atoms with E-state index in [-0.39, 0.29) is 36.2 Å². The summed E-state index contributed by atoms with van der Waals surface area (Å²) in [6.45, 7) is 7.97. The molecule has 0 aromatic carbocycles. The Hall–Kier alpha value is -0.870. The monoisotopic (exact) mass is 464 g/mol. The van der Waals surface area contributed by atoms with Gasteiger partial charge in [-0.3, -0.25) is 4.99 Å². The Labute approximate surface area is 166 Å². The molecule has 0 amide bonds. The molecule has 7 nitrogen and oxygen atoms in total. The molecule has 25 heavy (non-hydrogen) atoms. The van der Waals surface area contributed by atoms with Crippen LogP contribution in [0.5, 0.6) is 0 Å². The van der Waals surface area contributed by atoms with Crippen molar-refractivity contribution in [1.82, 2.24) is 15.4 Å². The van der Waals surface area contributed by atoms with Crippen LogP contribution in [0.2, 0.25) is 0 Å². The minimum absolute atomic E-state index is 0. The zero-order valence-corrected chi connectivity index (χ0v) is 17.6. The summed E-state index contributed by atoms with van der Waals surface area (Å²) >= 11 is 0. The first kappa shape index (κ1) is 20.4. The van der Waals surface area contributed by atoms with E-state index in [0.717, 1.165) is 50.0 Å². The van der Waals surface area contributed by atoms with Gasteiger partial charge in [0.05, 0.1) is 24.9 Å². The van der Waals surface area contributed by atoms with Crippen molar-refractivity contribution in [2.24, 2.45) is 4.99 Å². The minimum Gasteiger partial charge on any atom is -0.375 e. The molecule has 1 N–H and O–H groups in total. The predicted octanol–water partition coefficient (Wildman–Crippen LogP) is 2.37. The SMILES string of the molecule is CN=C(NCc1cc(C(C)C)no1)N1CCOC(C2CCCO2)C1.I. The van der Waals surface area contributed by atoms with Crippen molar-refractivity contribution in [2.75, 3.05) is 33.4 Å². The standard InChI is InChI=1S/C17H28N4O3.HI/c1-12(2)14-9-13(24-20-14)10-19-17(18-3)21-6-8-23-16(11-21)15-5-4-7-22-15;/h9,12,15-16H,4-8,10-11H2,1-3H3,(H,18,19);1H. The summed E-state index contributed by atoms with van der Waals surface area (Å²) in [5.41, 5.74) is 0.978. The number of hydrogen-bond acceptors (Lipinski definition) is 5. The van der Waals surface area contributed by atoms with Crippen molar-refractivity contribution in [3.63, 3.8) is 0 Å². The molecule has 3 heterocycles. The highest BCUT2D eigenvalue weighted by Crippen LogP contribution is 2.21. The fourth-order valence-corrected chi connectivity index (χ4v) is 3.17. The predicted molar refractivity (Wildman–Crippen MR) is 106 cm³/mol. The number of aromatic nitrogens is 1. The molecule has 2 aliphatic heterocycles. The lowest BCUT2D eigenvalue weighted by atomic mass is 10.1. The zero-order chi connectivity index (χ0) is 16.9. The number of morpholine rings is 1. The van der Waals surface area contributed by atoms with Crippen molar-refractivity contribution in [2.45, 2.75) is 51.4 Å². The molecule has 3 rings (SSSR count). The molecule has 2 unspecified atom stereocenters. The zero-order valence-electron chi connectivity index (χ0n) is 15.2. The van der Waals surface area contributed by atoms with Crippen LogP contribution < -0.4 is 5.32 Å². The molecule has 2 saturated heterocycles. The molecular formula is C17H29IN4O3. The highest BCUT2D eigenvalue weighted by Gasteiger charge is 2.32. The van der Waals surface area contributed by atoms with Crippen molar-refractivity contribution < 1.29 is 14.0 Å². The van der Waals surface area contributed by atoms with Gasteiger partial charge in [0.25, 0.3) is 0 Å². The average molecular weight is 464 g/mol. The third-order valence-electron chi connectivity index (χ3n) is 4.57. The van der Waals surface area contributed by atoms with Gasteiger partial charge in [-0.05, 0) is 18.8 Å². The van der Waals surface area contributed by atoms with Crippen molar-refractivity contribution >= 4 is 29.9 Å². The number of nitrogens with zero attached hydrogens (tertiary/aromatic N) is 3. The summed E-state index contributed by atoms with van der Waals surface area (Å²) in [6.07, 6.45) is 2.55. The molecule has 142 valence electrons. The second-order valence-corrected chi connectivity index (χ2v) is 6.68. The minimum atomic E-state index is 0. The molecule has 8 heteroatoms. The molecule has 1 aromatic heterocycles. The van der Waals surface area contributed by atoms with Crippen molar-refractivity contribution in [3.8, 4) is 0 Å². The largest absolute Gasteiger partial charge is 0.375 e. The summed E-state index contributed by atoms with van der Waals surface area (Å²) in [5.74, 6) is 2.06. The molecule has 0 aliphatic carbocycles. The second-order valence-electron chi connectivity index (χ2n) is 6.68. The highest BCUT2D eigenvalue weighted by atomic mass is 127. The molecular weight excluding hydrogens is 435 g/mol. The Balaban J connectivity index is 0.00000225. The molecule has 2 fully saturated rings. The summed E-state index contributed by atoms with van der Waals surface area (Å²) < 4.78 is 17.1. The fourth-order valence-electron chi connectivity index (χ4n) is 3.17. The summed E-state index contributed by atoms with van der Waals surface area (Å²) in [7, 11) is 1.80. The van der Waals surface area contributed by atoms with Crippen LogP contribution in [0.3, 0.4) is 0 Å². The number of rotatable bonds is 4. The lowest BCUT2D eigenvalue weighted by Gasteiger charge is -2.37. The van der Waals surface area contributed by atoms with Gasteiger partial charge in [0, 0.05) is 32.8 Å². The van der Waals surface area contributed by atoms with Crippen LogP contribution in [-0.2, 0) is 16.0 Å². The first-order valence-electron chi connectivity index (χ1n) is 8.81.